The number of hydrogen-bond acceptors (Lipinski definition) is 3. The van der Waals surface area contributed by atoms with Gasteiger partial charge >= 0.3 is 0 Å². The zero-order valence-electron chi connectivity index (χ0n) is 15.7. The Bertz CT molecular complexity index is 533. The molecule has 0 aromatic carbocycles. The van der Waals surface area contributed by atoms with E-state index in [1.165, 1.54) is 5.56 Å². The summed E-state index contributed by atoms with van der Waals surface area (Å²) in [5.41, 5.74) is 1.21. The number of nitrogens with zero attached hydrogens (tertiary/aromatic N) is 3. The predicted molar refractivity (Wildman–Crippen MR) is 118 cm³/mol. The maximum absolute atomic E-state index is 4.65. The molecule has 2 rings (SSSR count). The standard InChI is InChI=1S/C19H31N5.HI/c1-4-6-7-12-21-19(20-5-2)23-17-10-13-24(14-11-17)18-9-8-16(3)15-22-18;/h4,6,8-9,15,17H,5,7,10-14H2,1-3H3,(H2,20,21,23);1H. The summed E-state index contributed by atoms with van der Waals surface area (Å²) in [6.45, 7) is 10.0. The van der Waals surface area contributed by atoms with Gasteiger partial charge in [0.15, 0.2) is 5.96 Å². The second-order valence-electron chi connectivity index (χ2n) is 6.22. The lowest BCUT2D eigenvalue weighted by Crippen LogP contribution is -2.49. The van der Waals surface area contributed by atoms with Crippen molar-refractivity contribution in [2.24, 2.45) is 4.99 Å². The average Bonchev–Trinajstić information content (AvgIpc) is 2.60. The molecular formula is C19H32IN5. The van der Waals surface area contributed by atoms with E-state index in [9.17, 15) is 0 Å². The topological polar surface area (TPSA) is 52.6 Å². The molecule has 1 aliphatic heterocycles. The molecule has 1 aromatic rings. The Hall–Kier alpha value is -1.31. The number of aliphatic imine (C=N–C) groups is 1. The number of aromatic nitrogens is 1. The summed E-state index contributed by atoms with van der Waals surface area (Å²) in [5, 5.41) is 6.93. The van der Waals surface area contributed by atoms with Crippen LogP contribution in [0.3, 0.4) is 0 Å². The van der Waals surface area contributed by atoms with Crippen molar-refractivity contribution in [1.82, 2.24) is 15.6 Å². The quantitative estimate of drug-likeness (QED) is 0.226. The van der Waals surface area contributed by atoms with Gasteiger partial charge in [0.05, 0.1) is 0 Å². The number of hydrogen-bond donors (Lipinski definition) is 2. The van der Waals surface area contributed by atoms with Gasteiger partial charge in [-0.1, -0.05) is 18.2 Å². The molecule has 0 bridgehead atoms. The van der Waals surface area contributed by atoms with Gasteiger partial charge in [0.2, 0.25) is 0 Å². The summed E-state index contributed by atoms with van der Waals surface area (Å²) in [4.78, 5) is 11.6. The molecule has 0 radical (unpaired) electrons. The number of halogens is 1. The van der Waals surface area contributed by atoms with E-state index in [-0.39, 0.29) is 24.0 Å². The van der Waals surface area contributed by atoms with Crippen LogP contribution in [0.4, 0.5) is 5.82 Å². The van der Waals surface area contributed by atoms with E-state index in [4.69, 9.17) is 0 Å². The van der Waals surface area contributed by atoms with E-state index < -0.39 is 0 Å². The van der Waals surface area contributed by atoms with Crippen molar-refractivity contribution < 1.29 is 0 Å². The van der Waals surface area contributed by atoms with Gasteiger partial charge in [-0.25, -0.2) is 4.98 Å². The third-order valence-electron chi connectivity index (χ3n) is 4.20. The number of allylic oxidation sites excluding steroid dienone is 1. The lowest BCUT2D eigenvalue weighted by Gasteiger charge is -2.33. The van der Waals surface area contributed by atoms with E-state index in [1.54, 1.807) is 0 Å². The first kappa shape index (κ1) is 21.7. The van der Waals surface area contributed by atoms with Gasteiger partial charge in [-0.15, -0.1) is 24.0 Å². The Balaban J connectivity index is 0.00000312. The van der Waals surface area contributed by atoms with Crippen LogP contribution in [0, 0.1) is 6.92 Å². The third-order valence-corrected chi connectivity index (χ3v) is 4.20. The molecule has 25 heavy (non-hydrogen) atoms. The highest BCUT2D eigenvalue weighted by molar-refractivity contribution is 14.0. The minimum atomic E-state index is 0. The number of anilines is 1. The van der Waals surface area contributed by atoms with Gasteiger partial charge in [-0.05, 0) is 51.7 Å². The first-order valence-electron chi connectivity index (χ1n) is 9.06. The minimum Gasteiger partial charge on any atom is -0.357 e. The number of pyridine rings is 1. The van der Waals surface area contributed by atoms with E-state index in [0.29, 0.717) is 6.04 Å². The summed E-state index contributed by atoms with van der Waals surface area (Å²) in [6.07, 6.45) is 9.37. The van der Waals surface area contributed by atoms with Crippen LogP contribution in [0.2, 0.25) is 0 Å². The fourth-order valence-electron chi connectivity index (χ4n) is 2.83. The molecule has 1 saturated heterocycles. The Morgan fingerprint density at radius 3 is 2.72 bits per heavy atom. The van der Waals surface area contributed by atoms with Crippen LogP contribution in [-0.4, -0.2) is 43.2 Å². The molecule has 0 saturated carbocycles. The monoisotopic (exact) mass is 457 g/mol. The Morgan fingerprint density at radius 2 is 2.12 bits per heavy atom. The third kappa shape index (κ3) is 7.63. The van der Waals surface area contributed by atoms with Crippen molar-refractivity contribution in [3.63, 3.8) is 0 Å². The molecule has 140 valence electrons. The van der Waals surface area contributed by atoms with Crippen molar-refractivity contribution in [3.05, 3.63) is 36.0 Å². The number of guanidine groups is 1. The van der Waals surface area contributed by atoms with E-state index in [1.807, 2.05) is 13.1 Å². The zero-order valence-corrected chi connectivity index (χ0v) is 18.0. The molecule has 5 nitrogen and oxygen atoms in total. The molecule has 2 heterocycles. The predicted octanol–water partition coefficient (Wildman–Crippen LogP) is 3.50. The molecule has 1 fully saturated rings. The minimum absolute atomic E-state index is 0. The van der Waals surface area contributed by atoms with Crippen LogP contribution in [0.25, 0.3) is 0 Å². The van der Waals surface area contributed by atoms with Crippen molar-refractivity contribution in [3.8, 4) is 0 Å². The van der Waals surface area contributed by atoms with Crippen molar-refractivity contribution >= 4 is 35.8 Å². The zero-order chi connectivity index (χ0) is 17.2. The largest absolute Gasteiger partial charge is 0.357 e. The Kier molecular flexibility index (Phi) is 10.5. The fourth-order valence-corrected chi connectivity index (χ4v) is 2.83. The maximum atomic E-state index is 4.65. The molecule has 1 aliphatic rings. The number of piperidine rings is 1. The van der Waals surface area contributed by atoms with Crippen LogP contribution in [0.5, 0.6) is 0 Å². The highest BCUT2D eigenvalue weighted by Gasteiger charge is 2.20. The first-order chi connectivity index (χ1) is 11.7. The molecule has 0 aliphatic carbocycles. The highest BCUT2D eigenvalue weighted by atomic mass is 127. The summed E-state index contributed by atoms with van der Waals surface area (Å²) in [7, 11) is 0. The van der Waals surface area contributed by atoms with Crippen molar-refractivity contribution in [2.75, 3.05) is 31.1 Å². The van der Waals surface area contributed by atoms with E-state index >= 15 is 0 Å². The average molecular weight is 457 g/mol. The SMILES string of the molecule is CC=CCCN=C(NCC)NC1CCN(c2ccc(C)cn2)CC1.I. The molecule has 1 aromatic heterocycles. The van der Waals surface area contributed by atoms with Gasteiger partial charge in [0.1, 0.15) is 5.82 Å². The van der Waals surface area contributed by atoms with Crippen LogP contribution < -0.4 is 15.5 Å². The summed E-state index contributed by atoms with van der Waals surface area (Å²) >= 11 is 0. The summed E-state index contributed by atoms with van der Waals surface area (Å²) < 4.78 is 0. The first-order valence-corrected chi connectivity index (χ1v) is 9.06. The van der Waals surface area contributed by atoms with Gasteiger partial charge in [-0.3, -0.25) is 4.99 Å². The van der Waals surface area contributed by atoms with Gasteiger partial charge < -0.3 is 15.5 Å². The molecule has 6 heteroatoms. The van der Waals surface area contributed by atoms with Crippen LogP contribution in [0.1, 0.15) is 38.7 Å². The second kappa shape index (κ2) is 12.1. The lowest BCUT2D eigenvalue weighted by molar-refractivity contribution is 0.459. The summed E-state index contributed by atoms with van der Waals surface area (Å²) in [5.74, 6) is 2.03. The molecule has 0 atom stereocenters. The molecule has 2 N–H and O–H groups in total. The lowest BCUT2D eigenvalue weighted by atomic mass is 10.1. The maximum Gasteiger partial charge on any atom is 0.191 e. The van der Waals surface area contributed by atoms with Gasteiger partial charge in [-0.2, -0.15) is 0 Å². The van der Waals surface area contributed by atoms with Crippen LogP contribution in [-0.2, 0) is 0 Å². The van der Waals surface area contributed by atoms with Crippen molar-refractivity contribution in [1.29, 1.82) is 0 Å². The number of nitrogens with one attached hydrogen (secondary N) is 2. The molecule has 0 spiro atoms. The Labute approximate surface area is 169 Å². The summed E-state index contributed by atoms with van der Waals surface area (Å²) in [6, 6.07) is 4.73. The normalized spacial score (nSPS) is 16.0. The molecule has 0 unspecified atom stereocenters. The Morgan fingerprint density at radius 1 is 1.36 bits per heavy atom. The number of aryl methyl sites for hydroxylation is 1. The van der Waals surface area contributed by atoms with Crippen molar-refractivity contribution in [2.45, 2.75) is 46.1 Å². The number of rotatable bonds is 6. The van der Waals surface area contributed by atoms with Gasteiger partial charge in [0, 0.05) is 38.4 Å². The van der Waals surface area contributed by atoms with Crippen LogP contribution in [0.15, 0.2) is 35.5 Å². The van der Waals surface area contributed by atoms with E-state index in [0.717, 1.165) is 57.2 Å². The highest BCUT2D eigenvalue weighted by Crippen LogP contribution is 2.17. The fraction of sp³-hybridized carbons (Fsp3) is 0.579. The van der Waals surface area contributed by atoms with E-state index in [2.05, 4.69) is 63.6 Å². The molecule has 0 amide bonds. The smallest absolute Gasteiger partial charge is 0.191 e. The van der Waals surface area contributed by atoms with Crippen LogP contribution >= 0.6 is 24.0 Å². The second-order valence-corrected chi connectivity index (χ2v) is 6.22. The van der Waals surface area contributed by atoms with Gasteiger partial charge in [0.25, 0.3) is 0 Å². The molecular weight excluding hydrogens is 425 g/mol.